The number of esters is 1. The van der Waals surface area contributed by atoms with E-state index in [1.807, 2.05) is 0 Å². The first-order chi connectivity index (χ1) is 14.8. The van der Waals surface area contributed by atoms with Crippen LogP contribution in [-0.4, -0.2) is 62.7 Å². The summed E-state index contributed by atoms with van der Waals surface area (Å²) in [4.78, 5) is 20.2. The lowest BCUT2D eigenvalue weighted by molar-refractivity contribution is 0.00445. The number of aliphatic hydroxyl groups is 3. The zero-order chi connectivity index (χ0) is 22.5. The van der Waals surface area contributed by atoms with Crippen LogP contribution in [0.3, 0.4) is 0 Å². The summed E-state index contributed by atoms with van der Waals surface area (Å²) in [5.74, 6) is 4.85. The van der Waals surface area contributed by atoms with Crippen LogP contribution in [0.2, 0.25) is 5.15 Å². The zero-order valence-corrected chi connectivity index (χ0v) is 17.5. The number of hydrogen-bond donors (Lipinski definition) is 5. The summed E-state index contributed by atoms with van der Waals surface area (Å²) < 4.78 is 5.06. The molecule has 3 rings (SSSR count). The average Bonchev–Trinajstić information content (AvgIpc) is 3.01. The van der Waals surface area contributed by atoms with Gasteiger partial charge in [-0.1, -0.05) is 35.6 Å². The van der Waals surface area contributed by atoms with Gasteiger partial charge in [-0.25, -0.2) is 4.79 Å². The number of carbonyl (C=O) groups is 1. The Morgan fingerprint density at radius 2 is 2.03 bits per heavy atom. The van der Waals surface area contributed by atoms with E-state index in [0.717, 1.165) is 0 Å². The van der Waals surface area contributed by atoms with Gasteiger partial charge in [0.05, 0.1) is 24.3 Å². The maximum atomic E-state index is 12.2. The Balaban J connectivity index is 1.96. The molecule has 164 valence electrons. The van der Waals surface area contributed by atoms with Crippen molar-refractivity contribution in [3.63, 3.8) is 0 Å². The molecule has 0 aliphatic heterocycles. The lowest BCUT2D eigenvalue weighted by Crippen LogP contribution is -2.35. The van der Waals surface area contributed by atoms with Gasteiger partial charge < -0.3 is 31.1 Å². The van der Waals surface area contributed by atoms with Crippen molar-refractivity contribution in [3.05, 3.63) is 46.1 Å². The summed E-state index contributed by atoms with van der Waals surface area (Å²) in [6, 6.07) is 6.10. The predicted octanol–water partition coefficient (Wildman–Crippen LogP) is 0.803. The van der Waals surface area contributed by atoms with Crippen LogP contribution in [0.1, 0.15) is 34.8 Å². The number of aromatic nitrogens is 2. The SMILES string of the molecule is CCOC(=O)c1ccccc1C#Cc1c(Cl)nc(N)nc1N[C@@H]1C[C@H](CO)[C@@H](O)[C@H]1O. The zero-order valence-electron chi connectivity index (χ0n) is 16.7. The van der Waals surface area contributed by atoms with Crippen molar-refractivity contribution in [2.45, 2.75) is 31.6 Å². The highest BCUT2D eigenvalue weighted by Gasteiger charge is 2.41. The molecule has 31 heavy (non-hydrogen) atoms. The summed E-state index contributed by atoms with van der Waals surface area (Å²) in [7, 11) is 0. The molecule has 0 saturated heterocycles. The van der Waals surface area contributed by atoms with Crippen LogP contribution >= 0.6 is 11.6 Å². The van der Waals surface area contributed by atoms with Crippen LogP contribution < -0.4 is 11.1 Å². The first kappa shape index (κ1) is 22.8. The molecule has 0 amide bonds. The molecule has 4 atom stereocenters. The molecule has 9 nitrogen and oxygen atoms in total. The highest BCUT2D eigenvalue weighted by atomic mass is 35.5. The van der Waals surface area contributed by atoms with Crippen molar-refractivity contribution < 1.29 is 24.9 Å². The third-order valence-electron chi connectivity index (χ3n) is 4.99. The Bertz CT molecular complexity index is 1020. The Labute approximate surface area is 184 Å². The smallest absolute Gasteiger partial charge is 0.339 e. The Hall–Kier alpha value is -2.90. The molecule has 1 aliphatic carbocycles. The van der Waals surface area contributed by atoms with Gasteiger partial charge in [-0.2, -0.15) is 9.97 Å². The molecule has 1 aromatic carbocycles. The number of hydrogen-bond acceptors (Lipinski definition) is 9. The van der Waals surface area contributed by atoms with Crippen LogP contribution in [0.15, 0.2) is 24.3 Å². The third kappa shape index (κ3) is 5.06. The van der Waals surface area contributed by atoms with Crippen molar-refractivity contribution in [3.8, 4) is 11.8 Å². The molecule has 1 fully saturated rings. The van der Waals surface area contributed by atoms with Crippen LogP contribution in [0.5, 0.6) is 0 Å². The van der Waals surface area contributed by atoms with Crippen LogP contribution in [-0.2, 0) is 4.74 Å². The Morgan fingerprint density at radius 3 is 2.71 bits per heavy atom. The lowest BCUT2D eigenvalue weighted by atomic mass is 10.1. The molecule has 0 spiro atoms. The van der Waals surface area contributed by atoms with Gasteiger partial charge in [0, 0.05) is 18.1 Å². The summed E-state index contributed by atoms with van der Waals surface area (Å²) in [6.45, 7) is 1.68. The number of nitrogen functional groups attached to an aromatic ring is 1. The van der Waals surface area contributed by atoms with Gasteiger partial charge >= 0.3 is 5.97 Å². The van der Waals surface area contributed by atoms with E-state index in [2.05, 4.69) is 27.1 Å². The molecular weight excluding hydrogens is 424 g/mol. The minimum atomic E-state index is -1.13. The second-order valence-electron chi connectivity index (χ2n) is 7.02. The number of halogens is 1. The highest BCUT2D eigenvalue weighted by molar-refractivity contribution is 6.31. The maximum Gasteiger partial charge on any atom is 0.339 e. The van der Waals surface area contributed by atoms with Crippen molar-refractivity contribution in [1.82, 2.24) is 9.97 Å². The molecular formula is C21H23ClN4O5. The molecule has 1 heterocycles. The molecule has 10 heteroatoms. The molecule has 1 aliphatic rings. The van der Waals surface area contributed by atoms with E-state index < -0.39 is 30.1 Å². The molecule has 0 radical (unpaired) electrons. The summed E-state index contributed by atoms with van der Waals surface area (Å²) in [6.07, 6.45) is -1.90. The number of benzene rings is 1. The minimum absolute atomic E-state index is 0.0112. The fraction of sp³-hybridized carbons (Fsp3) is 0.381. The van der Waals surface area contributed by atoms with Gasteiger partial charge in [0.25, 0.3) is 0 Å². The third-order valence-corrected chi connectivity index (χ3v) is 5.26. The number of ether oxygens (including phenoxy) is 1. The standard InChI is InChI=1S/C21H23ClN4O5/c1-2-31-20(30)13-6-4-3-5-11(13)7-8-14-18(22)25-21(23)26-19(14)24-15-9-12(10-27)16(28)17(15)29/h3-6,12,15-17,27-29H,2,9-10H2,1H3,(H3,23,24,25,26)/t12-,15-,16-,17+/m1/s1. The van der Waals surface area contributed by atoms with Crippen molar-refractivity contribution in [2.75, 3.05) is 24.3 Å². The lowest BCUT2D eigenvalue weighted by Gasteiger charge is -2.19. The van der Waals surface area contributed by atoms with E-state index in [-0.39, 0.29) is 35.7 Å². The molecule has 6 N–H and O–H groups in total. The van der Waals surface area contributed by atoms with Crippen molar-refractivity contribution in [1.29, 1.82) is 0 Å². The van der Waals surface area contributed by atoms with Gasteiger partial charge in [-0.05, 0) is 25.5 Å². The van der Waals surface area contributed by atoms with Crippen molar-refractivity contribution >= 4 is 29.3 Å². The fourth-order valence-electron chi connectivity index (χ4n) is 3.40. The quantitative estimate of drug-likeness (QED) is 0.255. The molecule has 1 saturated carbocycles. The van der Waals surface area contributed by atoms with Crippen LogP contribution in [0.4, 0.5) is 11.8 Å². The largest absolute Gasteiger partial charge is 0.462 e. The molecule has 0 bridgehead atoms. The Kier molecular flexibility index (Phi) is 7.30. The van der Waals surface area contributed by atoms with Gasteiger partial charge in [0.15, 0.2) is 5.15 Å². The van der Waals surface area contributed by atoms with Gasteiger partial charge in [-0.15, -0.1) is 0 Å². The van der Waals surface area contributed by atoms with E-state index in [1.54, 1.807) is 31.2 Å². The second kappa shape index (κ2) is 9.94. The maximum absolute atomic E-state index is 12.2. The van der Waals surface area contributed by atoms with Gasteiger partial charge in [0.2, 0.25) is 5.95 Å². The van der Waals surface area contributed by atoms with Gasteiger partial charge in [0.1, 0.15) is 17.5 Å². The first-order valence-electron chi connectivity index (χ1n) is 9.70. The summed E-state index contributed by atoms with van der Waals surface area (Å²) in [5.41, 5.74) is 6.66. The summed E-state index contributed by atoms with van der Waals surface area (Å²) >= 11 is 6.24. The average molecular weight is 447 g/mol. The van der Waals surface area contributed by atoms with E-state index in [9.17, 15) is 20.1 Å². The normalized spacial score (nSPS) is 22.5. The molecule has 0 unspecified atom stereocenters. The number of nitrogens with two attached hydrogens (primary N) is 1. The van der Waals surface area contributed by atoms with E-state index >= 15 is 0 Å². The monoisotopic (exact) mass is 446 g/mol. The highest BCUT2D eigenvalue weighted by Crippen LogP contribution is 2.30. The predicted molar refractivity (Wildman–Crippen MR) is 114 cm³/mol. The van der Waals surface area contributed by atoms with Crippen LogP contribution in [0.25, 0.3) is 0 Å². The van der Waals surface area contributed by atoms with Gasteiger partial charge in [-0.3, -0.25) is 0 Å². The molecule has 2 aromatic rings. The number of rotatable bonds is 5. The number of aliphatic hydroxyl groups excluding tert-OH is 3. The number of nitrogens with one attached hydrogen (secondary N) is 1. The Morgan fingerprint density at radius 1 is 1.29 bits per heavy atom. The van der Waals surface area contributed by atoms with Crippen molar-refractivity contribution in [2.24, 2.45) is 5.92 Å². The van der Waals surface area contributed by atoms with E-state index in [1.165, 1.54) is 0 Å². The summed E-state index contributed by atoms with van der Waals surface area (Å²) in [5, 5.41) is 32.7. The van der Waals surface area contributed by atoms with E-state index in [0.29, 0.717) is 17.5 Å². The first-order valence-corrected chi connectivity index (χ1v) is 10.1. The minimum Gasteiger partial charge on any atom is -0.462 e. The molecule has 1 aromatic heterocycles. The fourth-order valence-corrected chi connectivity index (χ4v) is 3.62. The second-order valence-corrected chi connectivity index (χ2v) is 7.38. The van der Waals surface area contributed by atoms with E-state index in [4.69, 9.17) is 22.1 Å². The number of carbonyl (C=O) groups excluding carboxylic acids is 1. The van der Waals surface area contributed by atoms with Crippen LogP contribution in [0, 0.1) is 17.8 Å². The number of anilines is 2. The number of nitrogens with zero attached hydrogens (tertiary/aromatic N) is 2. The topological polar surface area (TPSA) is 151 Å².